The number of benzene rings is 2. The Labute approximate surface area is 225 Å². The van der Waals surface area contributed by atoms with Crippen LogP contribution in [0.15, 0.2) is 60.4 Å². The first-order chi connectivity index (χ1) is 18.2. The second-order valence-corrected chi connectivity index (χ2v) is 9.66. The molecule has 0 aromatic heterocycles. The highest BCUT2D eigenvalue weighted by Gasteiger charge is 2.20. The normalized spacial score (nSPS) is 11.3. The number of carbonyl (C=O) groups excluding carboxylic acids is 3. The SMILES string of the molecule is CCCCCOc1ccc(C(=O)Nc2ccccc2O/C(=C/C(=O)OCC(C)C)C(=O)OCC(C)C)cc1. The van der Waals surface area contributed by atoms with Gasteiger partial charge in [-0.15, -0.1) is 0 Å². The third kappa shape index (κ3) is 11.1. The second-order valence-electron chi connectivity index (χ2n) is 9.66. The fourth-order valence-electron chi connectivity index (χ4n) is 3.06. The highest BCUT2D eigenvalue weighted by Crippen LogP contribution is 2.27. The summed E-state index contributed by atoms with van der Waals surface area (Å²) in [6, 6.07) is 13.4. The maximum Gasteiger partial charge on any atom is 0.374 e. The van der Waals surface area contributed by atoms with Crippen LogP contribution in [0.4, 0.5) is 5.69 Å². The molecular formula is C30H39NO7. The third-order valence-electron chi connectivity index (χ3n) is 5.05. The summed E-state index contributed by atoms with van der Waals surface area (Å²) in [7, 11) is 0. The lowest BCUT2D eigenvalue weighted by Gasteiger charge is -2.15. The van der Waals surface area contributed by atoms with Gasteiger partial charge in [-0.1, -0.05) is 59.6 Å². The fourth-order valence-corrected chi connectivity index (χ4v) is 3.06. The molecule has 8 nitrogen and oxygen atoms in total. The quantitative estimate of drug-likeness (QED) is 0.128. The zero-order valence-electron chi connectivity index (χ0n) is 23.0. The van der Waals surface area contributed by atoms with Gasteiger partial charge in [0.25, 0.3) is 5.91 Å². The Balaban J connectivity index is 2.16. The molecule has 1 N–H and O–H groups in total. The first-order valence-electron chi connectivity index (χ1n) is 13.1. The number of amides is 1. The highest BCUT2D eigenvalue weighted by molar-refractivity contribution is 6.05. The maximum atomic E-state index is 12.9. The predicted octanol–water partition coefficient (Wildman–Crippen LogP) is 6.17. The van der Waals surface area contributed by atoms with E-state index in [1.807, 2.05) is 27.7 Å². The molecule has 0 unspecified atom stereocenters. The van der Waals surface area contributed by atoms with E-state index in [0.717, 1.165) is 25.3 Å². The Morgan fingerprint density at radius 2 is 1.53 bits per heavy atom. The molecule has 0 bridgehead atoms. The van der Waals surface area contributed by atoms with Gasteiger partial charge >= 0.3 is 11.9 Å². The van der Waals surface area contributed by atoms with Gasteiger partial charge < -0.3 is 24.3 Å². The number of carbonyl (C=O) groups is 3. The van der Waals surface area contributed by atoms with Gasteiger partial charge in [-0.3, -0.25) is 4.79 Å². The number of nitrogens with one attached hydrogen (secondary N) is 1. The largest absolute Gasteiger partial charge is 0.494 e. The highest BCUT2D eigenvalue weighted by atomic mass is 16.6. The van der Waals surface area contributed by atoms with Crippen molar-refractivity contribution >= 4 is 23.5 Å². The van der Waals surface area contributed by atoms with Crippen molar-refractivity contribution in [2.45, 2.75) is 53.9 Å². The molecule has 2 rings (SSSR count). The minimum atomic E-state index is -0.809. The summed E-state index contributed by atoms with van der Waals surface area (Å²) in [5, 5.41) is 2.79. The average Bonchev–Trinajstić information content (AvgIpc) is 2.89. The molecule has 8 heteroatoms. The van der Waals surface area contributed by atoms with Crippen molar-refractivity contribution in [3.8, 4) is 11.5 Å². The van der Waals surface area contributed by atoms with Gasteiger partial charge in [0, 0.05) is 5.56 Å². The molecule has 1 amide bonds. The first-order valence-corrected chi connectivity index (χ1v) is 13.1. The summed E-state index contributed by atoms with van der Waals surface area (Å²) in [4.78, 5) is 37.9. The van der Waals surface area contributed by atoms with Crippen molar-refractivity contribution in [3.05, 3.63) is 65.9 Å². The predicted molar refractivity (Wildman–Crippen MR) is 146 cm³/mol. The second kappa shape index (κ2) is 16.1. The molecule has 206 valence electrons. The number of esters is 2. The van der Waals surface area contributed by atoms with Crippen molar-refractivity contribution in [1.29, 1.82) is 0 Å². The van der Waals surface area contributed by atoms with Crippen molar-refractivity contribution in [1.82, 2.24) is 0 Å². The van der Waals surface area contributed by atoms with Gasteiger partial charge in [0.2, 0.25) is 5.76 Å². The summed E-state index contributed by atoms with van der Waals surface area (Å²) in [6.07, 6.45) is 4.16. The van der Waals surface area contributed by atoms with Gasteiger partial charge in [-0.25, -0.2) is 9.59 Å². The smallest absolute Gasteiger partial charge is 0.374 e. The van der Waals surface area contributed by atoms with Crippen LogP contribution in [0.5, 0.6) is 11.5 Å². The van der Waals surface area contributed by atoms with E-state index in [-0.39, 0.29) is 42.5 Å². The van der Waals surface area contributed by atoms with Gasteiger partial charge in [-0.2, -0.15) is 0 Å². The lowest BCUT2D eigenvalue weighted by molar-refractivity contribution is -0.144. The molecule has 0 fully saturated rings. The number of hydrogen-bond donors (Lipinski definition) is 1. The van der Waals surface area contributed by atoms with Gasteiger partial charge in [0.1, 0.15) is 5.75 Å². The Kier molecular flexibility index (Phi) is 12.9. The van der Waals surface area contributed by atoms with Crippen LogP contribution in [0.25, 0.3) is 0 Å². The van der Waals surface area contributed by atoms with E-state index in [2.05, 4.69) is 12.2 Å². The number of unbranched alkanes of at least 4 members (excludes halogenated alkanes) is 2. The summed E-state index contributed by atoms with van der Waals surface area (Å²) >= 11 is 0. The number of rotatable bonds is 15. The van der Waals surface area contributed by atoms with E-state index in [1.165, 1.54) is 0 Å². The molecule has 0 spiro atoms. The van der Waals surface area contributed by atoms with Crippen LogP contribution in [-0.4, -0.2) is 37.7 Å². The van der Waals surface area contributed by atoms with Crippen molar-refractivity contribution in [2.75, 3.05) is 25.1 Å². The molecule has 0 atom stereocenters. The van der Waals surface area contributed by atoms with Crippen molar-refractivity contribution in [2.24, 2.45) is 11.8 Å². The van der Waals surface area contributed by atoms with Gasteiger partial charge in [0.15, 0.2) is 5.75 Å². The molecule has 0 saturated heterocycles. The third-order valence-corrected chi connectivity index (χ3v) is 5.05. The maximum absolute atomic E-state index is 12.9. The fraction of sp³-hybridized carbons (Fsp3) is 0.433. The van der Waals surface area contributed by atoms with Gasteiger partial charge in [-0.05, 0) is 54.7 Å². The Morgan fingerprint density at radius 3 is 2.18 bits per heavy atom. The van der Waals surface area contributed by atoms with Crippen LogP contribution in [-0.2, 0) is 19.1 Å². The van der Waals surface area contributed by atoms with Crippen LogP contribution >= 0.6 is 0 Å². The van der Waals surface area contributed by atoms with Gasteiger partial charge in [0.05, 0.1) is 31.6 Å². The molecular weight excluding hydrogens is 486 g/mol. The lowest BCUT2D eigenvalue weighted by Crippen LogP contribution is -2.19. The molecule has 0 aliphatic heterocycles. The topological polar surface area (TPSA) is 100 Å². The average molecular weight is 526 g/mol. The van der Waals surface area contributed by atoms with Crippen molar-refractivity contribution < 1.29 is 33.3 Å². The summed E-state index contributed by atoms with van der Waals surface area (Å²) in [6.45, 7) is 10.7. The van der Waals surface area contributed by atoms with E-state index < -0.39 is 11.9 Å². The summed E-state index contributed by atoms with van der Waals surface area (Å²) < 4.78 is 21.9. The Morgan fingerprint density at radius 1 is 0.868 bits per heavy atom. The van der Waals surface area contributed by atoms with Crippen LogP contribution in [0.2, 0.25) is 0 Å². The van der Waals surface area contributed by atoms with Crippen LogP contribution in [0, 0.1) is 11.8 Å². The van der Waals surface area contributed by atoms with Crippen LogP contribution in [0.3, 0.4) is 0 Å². The first kappa shape index (κ1) is 30.4. The molecule has 0 aliphatic rings. The van der Waals surface area contributed by atoms with Crippen LogP contribution in [0.1, 0.15) is 64.2 Å². The number of ether oxygens (including phenoxy) is 4. The number of hydrogen-bond acceptors (Lipinski definition) is 7. The molecule has 38 heavy (non-hydrogen) atoms. The summed E-state index contributed by atoms with van der Waals surface area (Å²) in [5.74, 6) is -1.17. The van der Waals surface area contributed by atoms with E-state index in [1.54, 1.807) is 48.5 Å². The number of anilines is 1. The zero-order chi connectivity index (χ0) is 27.9. The standard InChI is InChI=1S/C30H39NO7/c1-6-7-10-17-35-24-15-13-23(14-16-24)29(33)31-25-11-8-9-12-26(25)38-27(30(34)37-20-22(4)5)18-28(32)36-19-21(2)3/h8-9,11-16,18,21-22H,6-7,10,17,19-20H2,1-5H3,(H,31,33)/b27-18+. The van der Waals surface area contributed by atoms with Crippen LogP contribution < -0.4 is 14.8 Å². The molecule has 0 aliphatic carbocycles. The van der Waals surface area contributed by atoms with E-state index >= 15 is 0 Å². The Bertz CT molecular complexity index is 1070. The zero-order valence-corrected chi connectivity index (χ0v) is 23.0. The molecule has 0 saturated carbocycles. The molecule has 2 aromatic carbocycles. The minimum absolute atomic E-state index is 0.0906. The minimum Gasteiger partial charge on any atom is -0.494 e. The molecule has 2 aromatic rings. The van der Waals surface area contributed by atoms with E-state index in [9.17, 15) is 14.4 Å². The lowest BCUT2D eigenvalue weighted by atomic mass is 10.2. The molecule has 0 heterocycles. The van der Waals surface area contributed by atoms with E-state index in [4.69, 9.17) is 18.9 Å². The van der Waals surface area contributed by atoms with Crippen molar-refractivity contribution in [3.63, 3.8) is 0 Å². The monoisotopic (exact) mass is 525 g/mol. The molecule has 0 radical (unpaired) electrons. The summed E-state index contributed by atoms with van der Waals surface area (Å²) in [5.41, 5.74) is 0.737. The Hall–Kier alpha value is -3.81. The number of para-hydroxylation sites is 2. The van der Waals surface area contributed by atoms with E-state index in [0.29, 0.717) is 23.6 Å².